The predicted octanol–water partition coefficient (Wildman–Crippen LogP) is 4.20. The number of pyridine rings is 1. The Morgan fingerprint density at radius 3 is 2.19 bits per heavy atom. The van der Waals surface area contributed by atoms with Crippen molar-refractivity contribution in [2.24, 2.45) is 0 Å². The molecule has 0 saturated heterocycles. The molecule has 0 aliphatic heterocycles. The Kier molecular flexibility index (Phi) is 4.96. The molecule has 2 aromatic heterocycles. The van der Waals surface area contributed by atoms with E-state index in [4.69, 9.17) is 16.9 Å². The molecule has 7 nitrogen and oxygen atoms in total. The molecule has 0 radical (unpaired) electrons. The number of nitrogens with zero attached hydrogens (tertiary/aromatic N) is 5. The van der Waals surface area contributed by atoms with E-state index < -0.39 is 0 Å². The van der Waals surface area contributed by atoms with Crippen molar-refractivity contribution in [2.75, 3.05) is 10.6 Å². The highest BCUT2D eigenvalue weighted by atomic mass is 35.5. The maximum atomic E-state index is 8.80. The van der Waals surface area contributed by atoms with Crippen LogP contribution < -0.4 is 10.6 Å². The number of nitriles is 1. The smallest absolute Gasteiger partial charge is 0.233 e. The van der Waals surface area contributed by atoms with Gasteiger partial charge in [-0.25, -0.2) is 4.98 Å². The molecule has 130 valence electrons. The fourth-order valence-electron chi connectivity index (χ4n) is 2.61. The fourth-order valence-corrected chi connectivity index (χ4v) is 2.77. The van der Waals surface area contributed by atoms with E-state index in [2.05, 4.69) is 49.6 Å². The Hall–Kier alpha value is -3.24. The molecule has 0 atom stereocenters. The van der Waals surface area contributed by atoms with E-state index in [0.29, 0.717) is 17.3 Å². The number of halogens is 1. The molecule has 0 saturated carbocycles. The monoisotopic (exact) mass is 365 g/mol. The van der Waals surface area contributed by atoms with Crippen LogP contribution in [0.15, 0.2) is 30.5 Å². The summed E-state index contributed by atoms with van der Waals surface area (Å²) in [5.74, 6) is 0.616. The van der Waals surface area contributed by atoms with E-state index in [1.165, 1.54) is 11.8 Å². The van der Waals surface area contributed by atoms with Crippen molar-refractivity contribution in [3.63, 3.8) is 0 Å². The van der Waals surface area contributed by atoms with Crippen LogP contribution in [0.1, 0.15) is 22.4 Å². The summed E-state index contributed by atoms with van der Waals surface area (Å²) >= 11 is 6.03. The van der Waals surface area contributed by atoms with Gasteiger partial charge in [-0.05, 0) is 55.6 Å². The Labute approximate surface area is 156 Å². The first-order valence-electron chi connectivity index (χ1n) is 7.84. The van der Waals surface area contributed by atoms with Gasteiger partial charge < -0.3 is 10.6 Å². The molecule has 8 heteroatoms. The quantitative estimate of drug-likeness (QED) is 0.714. The number of aromatic nitrogens is 4. The van der Waals surface area contributed by atoms with E-state index in [1.54, 1.807) is 12.1 Å². The highest BCUT2D eigenvalue weighted by Gasteiger charge is 2.10. The molecule has 1 aromatic carbocycles. The summed E-state index contributed by atoms with van der Waals surface area (Å²) in [5.41, 5.74) is 5.27. The summed E-state index contributed by atoms with van der Waals surface area (Å²) in [4.78, 5) is 16.6. The van der Waals surface area contributed by atoms with E-state index in [0.717, 1.165) is 16.8 Å². The average molecular weight is 366 g/mol. The second-order valence-electron chi connectivity index (χ2n) is 5.82. The average Bonchev–Trinajstić information content (AvgIpc) is 2.58. The van der Waals surface area contributed by atoms with Crippen molar-refractivity contribution in [3.8, 4) is 6.07 Å². The number of anilines is 4. The summed E-state index contributed by atoms with van der Waals surface area (Å²) in [5, 5.41) is 15.1. The van der Waals surface area contributed by atoms with Crippen molar-refractivity contribution in [2.45, 2.75) is 20.8 Å². The zero-order valence-corrected chi connectivity index (χ0v) is 15.3. The maximum Gasteiger partial charge on any atom is 0.233 e. The Bertz CT molecular complexity index is 970. The first kappa shape index (κ1) is 17.6. The van der Waals surface area contributed by atoms with Crippen molar-refractivity contribution in [1.29, 1.82) is 5.26 Å². The number of benzene rings is 1. The minimum absolute atomic E-state index is 0.0639. The fraction of sp³-hybridized carbons (Fsp3) is 0.167. The van der Waals surface area contributed by atoms with Crippen LogP contribution in [-0.4, -0.2) is 19.9 Å². The van der Waals surface area contributed by atoms with Gasteiger partial charge in [0.15, 0.2) is 0 Å². The van der Waals surface area contributed by atoms with Gasteiger partial charge in [0, 0.05) is 5.69 Å². The van der Waals surface area contributed by atoms with Crippen LogP contribution in [0.5, 0.6) is 0 Å². The van der Waals surface area contributed by atoms with Crippen LogP contribution in [0, 0.1) is 32.1 Å². The Morgan fingerprint density at radius 1 is 0.962 bits per heavy atom. The topological polar surface area (TPSA) is 99.4 Å². The third-order valence-electron chi connectivity index (χ3n) is 3.66. The van der Waals surface area contributed by atoms with Crippen LogP contribution >= 0.6 is 11.6 Å². The summed E-state index contributed by atoms with van der Waals surface area (Å²) in [6.45, 7) is 6.09. The third kappa shape index (κ3) is 4.05. The molecule has 3 aromatic rings. The Morgan fingerprint density at radius 2 is 1.62 bits per heavy atom. The summed E-state index contributed by atoms with van der Waals surface area (Å²) in [7, 11) is 0. The van der Waals surface area contributed by atoms with Gasteiger partial charge in [0.25, 0.3) is 0 Å². The minimum Gasteiger partial charge on any atom is -0.324 e. The first-order chi connectivity index (χ1) is 12.4. The van der Waals surface area contributed by atoms with E-state index in [1.807, 2.05) is 19.9 Å². The number of hydrogen-bond donors (Lipinski definition) is 2. The number of nitrogens with one attached hydrogen (secondary N) is 2. The lowest BCUT2D eigenvalue weighted by Gasteiger charge is -2.13. The first-order valence-corrected chi connectivity index (χ1v) is 8.22. The molecule has 0 aliphatic carbocycles. The largest absolute Gasteiger partial charge is 0.324 e. The summed E-state index contributed by atoms with van der Waals surface area (Å²) in [6.07, 6.45) is 1.53. The van der Waals surface area contributed by atoms with Crippen molar-refractivity contribution in [3.05, 3.63) is 58.1 Å². The zero-order valence-electron chi connectivity index (χ0n) is 14.5. The van der Waals surface area contributed by atoms with Crippen LogP contribution in [-0.2, 0) is 0 Å². The molecular formula is C18H16ClN7. The van der Waals surface area contributed by atoms with Gasteiger partial charge in [0.05, 0.1) is 11.9 Å². The highest BCUT2D eigenvalue weighted by Crippen LogP contribution is 2.25. The second-order valence-corrected chi connectivity index (χ2v) is 6.16. The molecule has 0 amide bonds. The Balaban J connectivity index is 1.87. The zero-order chi connectivity index (χ0) is 18.7. The molecule has 3 rings (SSSR count). The van der Waals surface area contributed by atoms with E-state index in [-0.39, 0.29) is 11.2 Å². The van der Waals surface area contributed by atoms with E-state index >= 15 is 0 Å². The lowest BCUT2D eigenvalue weighted by molar-refractivity contribution is 1.05. The SMILES string of the molecule is Cc1cc(C)c(Nc2nc(Cl)nc(Nc3ccc(C#N)nc3)n2)c(C)c1. The van der Waals surface area contributed by atoms with Crippen molar-refractivity contribution >= 4 is 34.9 Å². The summed E-state index contributed by atoms with van der Waals surface area (Å²) < 4.78 is 0. The lowest BCUT2D eigenvalue weighted by Crippen LogP contribution is -2.06. The molecule has 0 fully saturated rings. The van der Waals surface area contributed by atoms with Crippen LogP contribution in [0.3, 0.4) is 0 Å². The van der Waals surface area contributed by atoms with E-state index in [9.17, 15) is 0 Å². The number of rotatable bonds is 4. The van der Waals surface area contributed by atoms with Crippen molar-refractivity contribution < 1.29 is 0 Å². The molecule has 2 N–H and O–H groups in total. The molecule has 0 aliphatic rings. The number of aryl methyl sites for hydroxylation is 3. The van der Waals surface area contributed by atoms with Crippen molar-refractivity contribution in [1.82, 2.24) is 19.9 Å². The van der Waals surface area contributed by atoms with Gasteiger partial charge in [-0.1, -0.05) is 17.7 Å². The van der Waals surface area contributed by atoms with Gasteiger partial charge in [-0.15, -0.1) is 0 Å². The second kappa shape index (κ2) is 7.33. The van der Waals surface area contributed by atoms with Gasteiger partial charge in [-0.2, -0.15) is 20.2 Å². The van der Waals surface area contributed by atoms with Crippen LogP contribution in [0.25, 0.3) is 0 Å². The molecular weight excluding hydrogens is 350 g/mol. The third-order valence-corrected chi connectivity index (χ3v) is 3.83. The van der Waals surface area contributed by atoms with Crippen LogP contribution in [0.4, 0.5) is 23.3 Å². The molecule has 0 bridgehead atoms. The minimum atomic E-state index is 0.0639. The lowest BCUT2D eigenvalue weighted by atomic mass is 10.1. The number of hydrogen-bond acceptors (Lipinski definition) is 7. The van der Waals surface area contributed by atoms with Gasteiger partial charge in [-0.3, -0.25) is 0 Å². The highest BCUT2D eigenvalue weighted by molar-refractivity contribution is 6.28. The van der Waals surface area contributed by atoms with Gasteiger partial charge in [0.2, 0.25) is 17.2 Å². The summed E-state index contributed by atoms with van der Waals surface area (Å²) in [6, 6.07) is 9.45. The molecule has 26 heavy (non-hydrogen) atoms. The molecule has 0 spiro atoms. The van der Waals surface area contributed by atoms with Gasteiger partial charge in [0.1, 0.15) is 11.8 Å². The molecule has 2 heterocycles. The molecule has 0 unspecified atom stereocenters. The predicted molar refractivity (Wildman–Crippen MR) is 101 cm³/mol. The maximum absolute atomic E-state index is 8.80. The van der Waals surface area contributed by atoms with Crippen LogP contribution in [0.2, 0.25) is 5.28 Å². The normalized spacial score (nSPS) is 10.3. The standard InChI is InChI=1S/C18H16ClN7/c1-10-6-11(2)15(12(3)7-10)23-18-25-16(19)24-17(26-18)22-14-5-4-13(8-20)21-9-14/h4-7,9H,1-3H3,(H2,22,23,24,25,26). The van der Waals surface area contributed by atoms with Gasteiger partial charge >= 0.3 is 0 Å².